The van der Waals surface area contributed by atoms with Gasteiger partial charge in [-0.05, 0) is 35.4 Å². The molecule has 0 radical (unpaired) electrons. The van der Waals surface area contributed by atoms with Gasteiger partial charge in [-0.15, -0.1) is 11.3 Å². The molecular weight excluding hydrogens is 271 g/mol. The SMILES string of the molecule is O=C(CCc1cccs1)c1ccc(F)c2ccccc12. The summed E-state index contributed by atoms with van der Waals surface area (Å²) in [7, 11) is 0. The zero-order valence-electron chi connectivity index (χ0n) is 10.8. The standard InChI is InChI=1S/C17H13FOS/c18-16-9-8-15(13-5-1-2-6-14(13)16)17(19)10-7-12-4-3-11-20-12/h1-6,8-9,11H,7,10H2. The third-order valence-corrected chi connectivity index (χ3v) is 4.29. The van der Waals surface area contributed by atoms with E-state index < -0.39 is 0 Å². The lowest BCUT2D eigenvalue weighted by atomic mass is 9.98. The topological polar surface area (TPSA) is 17.1 Å². The number of hydrogen-bond donors (Lipinski definition) is 0. The molecule has 0 aliphatic carbocycles. The van der Waals surface area contributed by atoms with E-state index in [0.717, 1.165) is 6.42 Å². The van der Waals surface area contributed by atoms with Gasteiger partial charge in [-0.3, -0.25) is 4.79 Å². The summed E-state index contributed by atoms with van der Waals surface area (Å²) < 4.78 is 13.7. The van der Waals surface area contributed by atoms with E-state index in [2.05, 4.69) is 0 Å². The molecule has 0 amide bonds. The molecule has 100 valence electrons. The molecule has 0 atom stereocenters. The van der Waals surface area contributed by atoms with Crippen LogP contribution < -0.4 is 0 Å². The van der Waals surface area contributed by atoms with Crippen LogP contribution in [0.2, 0.25) is 0 Å². The van der Waals surface area contributed by atoms with Crippen LogP contribution in [0.5, 0.6) is 0 Å². The molecule has 20 heavy (non-hydrogen) atoms. The lowest BCUT2D eigenvalue weighted by Gasteiger charge is -2.06. The minimum Gasteiger partial charge on any atom is -0.294 e. The van der Waals surface area contributed by atoms with Gasteiger partial charge in [0.15, 0.2) is 5.78 Å². The monoisotopic (exact) mass is 284 g/mol. The number of carbonyl (C=O) groups is 1. The van der Waals surface area contributed by atoms with Crippen LogP contribution in [-0.2, 0) is 6.42 Å². The Labute approximate surface area is 120 Å². The molecule has 0 fully saturated rings. The van der Waals surface area contributed by atoms with Gasteiger partial charge in [-0.1, -0.05) is 30.3 Å². The Morgan fingerprint density at radius 2 is 1.80 bits per heavy atom. The van der Waals surface area contributed by atoms with Crippen molar-refractivity contribution in [1.82, 2.24) is 0 Å². The molecule has 0 unspecified atom stereocenters. The zero-order chi connectivity index (χ0) is 13.9. The Morgan fingerprint density at radius 3 is 2.55 bits per heavy atom. The maximum Gasteiger partial charge on any atom is 0.163 e. The predicted molar refractivity (Wildman–Crippen MR) is 80.9 cm³/mol. The maximum absolute atomic E-state index is 13.7. The minimum absolute atomic E-state index is 0.0644. The Morgan fingerprint density at radius 1 is 1.00 bits per heavy atom. The number of benzene rings is 2. The van der Waals surface area contributed by atoms with E-state index in [4.69, 9.17) is 0 Å². The molecule has 0 saturated heterocycles. The first-order valence-corrected chi connectivity index (χ1v) is 7.36. The number of carbonyl (C=O) groups excluding carboxylic acids is 1. The second-order valence-corrected chi connectivity index (χ2v) is 5.68. The van der Waals surface area contributed by atoms with Crippen LogP contribution in [0.1, 0.15) is 21.7 Å². The fraction of sp³-hybridized carbons (Fsp3) is 0.118. The van der Waals surface area contributed by atoms with Gasteiger partial charge in [0.2, 0.25) is 0 Å². The average molecular weight is 284 g/mol. The quantitative estimate of drug-likeness (QED) is 0.625. The summed E-state index contributed by atoms with van der Waals surface area (Å²) in [4.78, 5) is 13.5. The summed E-state index contributed by atoms with van der Waals surface area (Å²) in [6, 6.07) is 14.1. The summed E-state index contributed by atoms with van der Waals surface area (Å²) in [6.45, 7) is 0. The summed E-state index contributed by atoms with van der Waals surface area (Å²) in [6.07, 6.45) is 1.19. The molecule has 0 aliphatic rings. The summed E-state index contributed by atoms with van der Waals surface area (Å²) in [5.41, 5.74) is 0.610. The molecule has 3 heteroatoms. The van der Waals surface area contributed by atoms with Crippen molar-refractivity contribution in [3.63, 3.8) is 0 Å². The van der Waals surface area contributed by atoms with Crippen molar-refractivity contribution in [1.29, 1.82) is 0 Å². The largest absolute Gasteiger partial charge is 0.294 e. The number of ketones is 1. The van der Waals surface area contributed by atoms with Gasteiger partial charge >= 0.3 is 0 Å². The molecular formula is C17H13FOS. The number of hydrogen-bond acceptors (Lipinski definition) is 2. The highest BCUT2D eigenvalue weighted by Crippen LogP contribution is 2.23. The van der Waals surface area contributed by atoms with Crippen LogP contribution >= 0.6 is 11.3 Å². The number of rotatable bonds is 4. The fourth-order valence-electron chi connectivity index (χ4n) is 2.33. The van der Waals surface area contributed by atoms with E-state index in [1.807, 2.05) is 23.6 Å². The van der Waals surface area contributed by atoms with Gasteiger partial charge in [0, 0.05) is 22.2 Å². The van der Waals surface area contributed by atoms with Gasteiger partial charge in [-0.25, -0.2) is 4.39 Å². The molecule has 1 nitrogen and oxygen atoms in total. The molecule has 0 aliphatic heterocycles. The highest BCUT2D eigenvalue weighted by Gasteiger charge is 2.12. The van der Waals surface area contributed by atoms with Crippen molar-refractivity contribution in [2.75, 3.05) is 0 Å². The van der Waals surface area contributed by atoms with E-state index in [1.165, 1.54) is 10.9 Å². The number of aryl methyl sites for hydroxylation is 1. The van der Waals surface area contributed by atoms with Crippen LogP contribution in [0.25, 0.3) is 10.8 Å². The van der Waals surface area contributed by atoms with E-state index in [-0.39, 0.29) is 11.6 Å². The van der Waals surface area contributed by atoms with Gasteiger partial charge in [0.25, 0.3) is 0 Å². The van der Waals surface area contributed by atoms with E-state index >= 15 is 0 Å². The Hall–Kier alpha value is -2.00. The van der Waals surface area contributed by atoms with Crippen LogP contribution in [0.15, 0.2) is 53.9 Å². The van der Waals surface area contributed by atoms with Gasteiger partial charge in [0.05, 0.1) is 0 Å². The first kappa shape index (κ1) is 13.0. The Balaban J connectivity index is 1.90. The molecule has 2 aromatic carbocycles. The maximum atomic E-state index is 13.7. The number of halogens is 1. The number of Topliss-reactive ketones (excluding diaryl/α,β-unsaturated/α-hetero) is 1. The second kappa shape index (κ2) is 5.55. The molecule has 1 aromatic heterocycles. The lowest BCUT2D eigenvalue weighted by Crippen LogP contribution is -2.02. The van der Waals surface area contributed by atoms with E-state index in [0.29, 0.717) is 22.8 Å². The van der Waals surface area contributed by atoms with Crippen molar-refractivity contribution in [3.05, 3.63) is 70.2 Å². The minimum atomic E-state index is -0.282. The highest BCUT2D eigenvalue weighted by molar-refractivity contribution is 7.09. The van der Waals surface area contributed by atoms with Crippen LogP contribution in [0, 0.1) is 5.82 Å². The first-order valence-electron chi connectivity index (χ1n) is 6.48. The van der Waals surface area contributed by atoms with Crippen molar-refractivity contribution in [3.8, 4) is 0 Å². The van der Waals surface area contributed by atoms with Gasteiger partial charge < -0.3 is 0 Å². The fourth-order valence-corrected chi connectivity index (χ4v) is 3.04. The van der Waals surface area contributed by atoms with Crippen molar-refractivity contribution < 1.29 is 9.18 Å². The third kappa shape index (κ3) is 2.49. The van der Waals surface area contributed by atoms with Crippen LogP contribution in [-0.4, -0.2) is 5.78 Å². The van der Waals surface area contributed by atoms with Gasteiger partial charge in [-0.2, -0.15) is 0 Å². The Kier molecular flexibility index (Phi) is 3.61. The summed E-state index contributed by atoms with van der Waals surface area (Å²) in [5.74, 6) is -0.218. The third-order valence-electron chi connectivity index (χ3n) is 3.35. The van der Waals surface area contributed by atoms with Crippen LogP contribution in [0.3, 0.4) is 0 Å². The van der Waals surface area contributed by atoms with Gasteiger partial charge in [0.1, 0.15) is 5.82 Å². The normalized spacial score (nSPS) is 10.8. The molecule has 0 spiro atoms. The molecule has 3 rings (SSSR count). The van der Waals surface area contributed by atoms with Crippen molar-refractivity contribution in [2.24, 2.45) is 0 Å². The smallest absolute Gasteiger partial charge is 0.163 e. The second-order valence-electron chi connectivity index (χ2n) is 4.64. The molecule has 3 aromatic rings. The molecule has 0 saturated carbocycles. The summed E-state index contributed by atoms with van der Waals surface area (Å²) >= 11 is 1.65. The average Bonchev–Trinajstić information content (AvgIpc) is 2.99. The molecule has 0 N–H and O–H groups in total. The molecule has 0 bridgehead atoms. The van der Waals surface area contributed by atoms with Crippen LogP contribution in [0.4, 0.5) is 4.39 Å². The van der Waals surface area contributed by atoms with E-state index in [9.17, 15) is 9.18 Å². The lowest BCUT2D eigenvalue weighted by molar-refractivity contribution is 0.0984. The van der Waals surface area contributed by atoms with Crippen molar-refractivity contribution in [2.45, 2.75) is 12.8 Å². The van der Waals surface area contributed by atoms with Crippen molar-refractivity contribution >= 4 is 27.9 Å². The Bertz CT molecular complexity index is 747. The summed E-state index contributed by atoms with van der Waals surface area (Å²) in [5, 5.41) is 3.21. The predicted octanol–water partition coefficient (Wildman–Crippen LogP) is 4.86. The first-order chi connectivity index (χ1) is 9.75. The van der Waals surface area contributed by atoms with E-state index in [1.54, 1.807) is 35.6 Å². The highest BCUT2D eigenvalue weighted by atomic mass is 32.1. The zero-order valence-corrected chi connectivity index (χ0v) is 11.6. The molecule has 1 heterocycles. The number of thiophene rings is 1. The number of fused-ring (bicyclic) bond motifs is 1.